The van der Waals surface area contributed by atoms with Crippen molar-refractivity contribution < 1.29 is 160 Å². The first-order valence-electron chi connectivity index (χ1n) is 0.383. The maximum absolute atomic E-state index is 8.11. The van der Waals surface area contributed by atoms with Crippen LogP contribution in [0.25, 0.3) is 0 Å². The van der Waals surface area contributed by atoms with Crippen molar-refractivity contribution in [1.29, 1.82) is 0 Å². The average Bonchev–Trinajstić information content (AvgIpc) is 0.918. The van der Waals surface area contributed by atoms with Gasteiger partial charge in [-0.25, -0.2) is 0 Å². The maximum atomic E-state index is 8.11. The van der Waals surface area contributed by atoms with Gasteiger partial charge in [0.1, 0.15) is 0 Å². The molecule has 0 saturated carbocycles. The van der Waals surface area contributed by atoms with Crippen molar-refractivity contribution in [1.82, 2.24) is 0 Å². The van der Waals surface area contributed by atoms with E-state index in [1.165, 1.54) is 5.34 Å². The van der Waals surface area contributed by atoms with E-state index in [2.05, 4.69) is 0 Å². The van der Waals surface area contributed by atoms with E-state index in [4.69, 9.17) is 10.1 Å². The van der Waals surface area contributed by atoms with Gasteiger partial charge in [0, 0.05) is 0 Å². The van der Waals surface area contributed by atoms with Crippen LogP contribution in [0.1, 0.15) is 7.13 Å². The molecule has 0 heterocycles. The predicted octanol–water partition coefficient (Wildman–Crippen LogP) is -14.3. The molecule has 0 amide bonds. The molecule has 0 aliphatic heterocycles. The minimum absolute atomic E-state index is 0. The first-order valence-corrected chi connectivity index (χ1v) is 0.383. The van der Waals surface area contributed by atoms with Crippen LogP contribution in [-0.4, -0.2) is 5.21 Å². The second-order valence-electron chi connectivity index (χ2n) is 0.0816. The van der Waals surface area contributed by atoms with E-state index in [9.17, 15) is 0 Å². The second kappa shape index (κ2) is 42.3. The molecule has 0 spiro atoms. The van der Waals surface area contributed by atoms with E-state index in [0.29, 0.717) is 0 Å². The van der Waals surface area contributed by atoms with Gasteiger partial charge in [-0.2, -0.15) is 0 Å². The molecule has 0 unspecified atom stereocenters. The molecule has 0 bridgehead atoms. The first kappa shape index (κ1) is 39.3. The fourth-order valence-corrected chi connectivity index (χ4v) is 0. The Labute approximate surface area is 166 Å². The zero-order valence-corrected chi connectivity index (χ0v) is 16.3. The monoisotopic (exact) mass is 167 g/mol. The van der Waals surface area contributed by atoms with Gasteiger partial charge in [0.15, 0.2) is 5.34 Å². The van der Waals surface area contributed by atoms with Gasteiger partial charge in [0.25, 0.3) is 0 Å². The fraction of sp³-hybridized carbons (Fsp3) is 0. The molecule has 8 heavy (non-hydrogen) atoms. The number of hydrogen-bond acceptors (Lipinski definition) is 2. The summed E-state index contributed by atoms with van der Waals surface area (Å²) in [5.74, 6) is 0. The summed E-state index contributed by atoms with van der Waals surface area (Å²) >= 11 is 0. The normalized spacial score (nSPS) is 1.50. The van der Waals surface area contributed by atoms with Crippen LogP contribution in [0.3, 0.4) is 0 Å². The maximum Gasteiger partial charge on any atom is 1.00 e. The second-order valence-corrected chi connectivity index (χ2v) is 0.0816. The van der Waals surface area contributed by atoms with Crippen molar-refractivity contribution in [3.8, 4) is 0 Å². The minimum atomic E-state index is 0. The van der Waals surface area contributed by atoms with Crippen molar-refractivity contribution in [2.24, 2.45) is 5.34 Å². The number of hydrogen-bond donors (Lipinski definition) is 1. The predicted molar refractivity (Wildman–Crippen MR) is 13.1 cm³/mol. The third-order valence-electron chi connectivity index (χ3n) is 0. The van der Waals surface area contributed by atoms with Gasteiger partial charge in [-0.1, -0.05) is 0 Å². The zero-order chi connectivity index (χ0) is 2.71. The summed E-state index contributed by atoms with van der Waals surface area (Å²) in [4.78, 5) is 8.11. The van der Waals surface area contributed by atoms with Crippen LogP contribution in [0.15, 0.2) is 5.34 Å². The third-order valence-corrected chi connectivity index (χ3v) is 0. The van der Waals surface area contributed by atoms with E-state index < -0.39 is 0 Å². The Morgan fingerprint density at radius 1 is 1.00 bits per heavy atom. The Kier molecular flexibility index (Phi) is 208. The van der Waals surface area contributed by atoms with Gasteiger partial charge < -0.3 is 12.3 Å². The molecule has 0 fully saturated rings. The van der Waals surface area contributed by atoms with Crippen molar-refractivity contribution >= 4 is 0 Å². The van der Waals surface area contributed by atoms with Crippen molar-refractivity contribution in [2.45, 2.75) is 0 Å². The van der Waals surface area contributed by atoms with Gasteiger partial charge >= 0.3 is 148 Å². The average molecular weight is 167 g/mol. The summed E-state index contributed by atoms with van der Waals surface area (Å²) in [6, 6.07) is 0. The van der Waals surface area contributed by atoms with Gasteiger partial charge in [-0.15, -0.1) is 4.91 Å². The molecule has 1 N–H and O–H groups in total. The molecular weight excluding hydrogens is 161 g/mol. The minimum Gasteiger partial charge on any atom is -1.00 e. The summed E-state index contributed by atoms with van der Waals surface area (Å²) in [5, 5.41) is 7.89. The van der Waals surface area contributed by atoms with Gasteiger partial charge in [0.05, 0.1) is 0 Å². The Morgan fingerprint density at radius 3 is 1.00 bits per heavy atom. The zero-order valence-electron chi connectivity index (χ0n) is 11.3. The van der Waals surface area contributed by atoms with Crippen molar-refractivity contribution in [3.63, 3.8) is 0 Å². The Hall–Kier alpha value is 4.40. The van der Waals surface area contributed by atoms with Crippen LogP contribution in [0, 0.1) is 4.91 Å². The fourth-order valence-electron chi connectivity index (χ4n) is 0. The van der Waals surface area contributed by atoms with Crippen LogP contribution in [0.2, 0.25) is 0 Å². The van der Waals surface area contributed by atoms with E-state index in [0.717, 1.165) is 0 Å². The van der Waals surface area contributed by atoms with Gasteiger partial charge in [-0.05, 0) is 0 Å². The number of nitrogens with zero attached hydrogens (tertiary/aromatic N) is 1. The summed E-state index contributed by atoms with van der Waals surface area (Å²) in [6.45, 7) is 0. The molecule has 3 nitrogen and oxygen atoms in total. The standard InChI is InChI=1S/HNO2.5Na.5H/c2-1-3;;;;;;;;;;/h(H,2,3);;;;;;;;;;/q;5*+1;5*-1. The molecule has 0 aromatic rings. The molecule has 0 aromatic heterocycles. The molecular formula is H6NNa5O2. The van der Waals surface area contributed by atoms with E-state index in [-0.39, 0.29) is 155 Å². The molecule has 8 heteroatoms. The molecule has 28 valence electrons. The molecule has 0 rings (SSSR count). The quantitative estimate of drug-likeness (QED) is 0.221. The largest absolute Gasteiger partial charge is 1.00 e. The van der Waals surface area contributed by atoms with E-state index in [1.54, 1.807) is 0 Å². The Bertz CT molecular complexity index is 30.4. The van der Waals surface area contributed by atoms with Crippen LogP contribution in [0.5, 0.6) is 0 Å². The van der Waals surface area contributed by atoms with Crippen LogP contribution < -0.4 is 148 Å². The Balaban J connectivity index is -0.000000000444. The molecule has 0 radical (unpaired) electrons. The van der Waals surface area contributed by atoms with Gasteiger partial charge in [-0.3, -0.25) is 0 Å². The third kappa shape index (κ3) is 47.5. The first-order chi connectivity index (χ1) is 1.41. The molecule has 0 aliphatic rings. The van der Waals surface area contributed by atoms with Crippen molar-refractivity contribution in [3.05, 3.63) is 4.91 Å². The summed E-state index contributed by atoms with van der Waals surface area (Å²) in [5.41, 5.74) is 0. The Morgan fingerprint density at radius 2 is 1.00 bits per heavy atom. The van der Waals surface area contributed by atoms with E-state index >= 15 is 0 Å². The molecule has 0 aromatic carbocycles. The van der Waals surface area contributed by atoms with Crippen molar-refractivity contribution in [2.75, 3.05) is 0 Å². The summed E-state index contributed by atoms with van der Waals surface area (Å²) in [6.07, 6.45) is 0. The smallest absolute Gasteiger partial charge is 1.00 e. The SMILES string of the molecule is O=NO.[H-].[H-].[H-].[H-].[H-].[Na+].[Na+].[Na+].[Na+].[Na+]. The van der Waals surface area contributed by atoms with Crippen LogP contribution in [0.4, 0.5) is 0 Å². The summed E-state index contributed by atoms with van der Waals surface area (Å²) in [7, 11) is 0. The molecule has 0 atom stereocenters. The summed E-state index contributed by atoms with van der Waals surface area (Å²) < 4.78 is 0. The molecule has 0 aliphatic carbocycles. The van der Waals surface area contributed by atoms with E-state index in [1.807, 2.05) is 0 Å². The number of rotatable bonds is 0. The van der Waals surface area contributed by atoms with Crippen LogP contribution in [-0.2, 0) is 0 Å². The van der Waals surface area contributed by atoms with Gasteiger partial charge in [0.2, 0.25) is 0 Å². The topological polar surface area (TPSA) is 49.7 Å². The molecule has 0 saturated heterocycles. The van der Waals surface area contributed by atoms with Crippen LogP contribution >= 0.6 is 0 Å².